The molecule has 5 aliphatic rings. The molecular weight excluding hydrogens is 1500 g/mol. The van der Waals surface area contributed by atoms with E-state index in [1.807, 2.05) is 123 Å². The number of fused-ring (bicyclic) bond motifs is 5. The number of hydrogen-bond donors (Lipinski definition) is 7. The number of sulfonamides is 1. The third-order valence-electron chi connectivity index (χ3n) is 19.7. The molecule has 570 valence electrons. The van der Waals surface area contributed by atoms with E-state index in [1.165, 1.54) is 34.6 Å². The van der Waals surface area contributed by atoms with Crippen LogP contribution in [0.25, 0.3) is 78.0 Å². The van der Waals surface area contributed by atoms with Gasteiger partial charge in [-0.2, -0.15) is 35.7 Å². The van der Waals surface area contributed by atoms with Gasteiger partial charge in [-0.25, -0.2) is 22.8 Å². The fourth-order valence-corrected chi connectivity index (χ4v) is 16.4. The Bertz CT molecular complexity index is 6280. The number of carbonyl (C=O) groups is 3. The van der Waals surface area contributed by atoms with Crippen LogP contribution in [0.2, 0.25) is 0 Å². The molecule has 2 aliphatic carbocycles. The number of carboxylic acids is 1. The number of aromatic amines is 1. The van der Waals surface area contributed by atoms with Crippen molar-refractivity contribution in [2.45, 2.75) is 53.5 Å². The number of nitrogens with one attached hydrogen (secondary N) is 3. The van der Waals surface area contributed by atoms with E-state index in [0.717, 1.165) is 22.2 Å². The summed E-state index contributed by atoms with van der Waals surface area (Å²) < 4.78 is 121. The van der Waals surface area contributed by atoms with Gasteiger partial charge in [-0.1, -0.05) is 48.5 Å². The second-order valence-corrected chi connectivity index (χ2v) is 31.9. The van der Waals surface area contributed by atoms with Crippen LogP contribution in [0.3, 0.4) is 0 Å². The summed E-state index contributed by atoms with van der Waals surface area (Å²) in [5.41, 5.74) is 15.0. The molecule has 0 bridgehead atoms. The van der Waals surface area contributed by atoms with Crippen LogP contribution in [0.4, 0.5) is 28.7 Å². The average Bonchev–Trinajstić information content (AvgIpc) is 1.26. The van der Waals surface area contributed by atoms with Crippen molar-refractivity contribution in [2.75, 3.05) is 77.5 Å². The van der Waals surface area contributed by atoms with Gasteiger partial charge >= 0.3 is 5.97 Å². The Morgan fingerprint density at radius 1 is 0.631 bits per heavy atom. The number of piperidine rings is 1. The Morgan fingerprint density at radius 2 is 1.22 bits per heavy atom. The number of carbonyl (C=O) groups excluding carboxylic acids is 2. The number of nitrogen functional groups attached to an aromatic ring is 1. The van der Waals surface area contributed by atoms with Crippen molar-refractivity contribution in [1.29, 1.82) is 0 Å². The molecule has 5 heterocycles. The SMILES string of the molecule is CN(C)c1ccc2c(-c3c(C(=O)O)cccc3C(=O)NCc3ccc(COc4nc(N)nc5[nH]c(CCCNC(=O)C6CCN(S(=O)(=O)c7ccccc7-c7c8ccc(=[N+](C)c9ccc(S(=O)(=O)O)cc9)cc-8oc8cc(N(C)c9ccc(S(=O)(=O)O)cc9)ccc78)CC6)nc45)cc3)c3ccc(=[N+](C)C)cc-3oc2c1.[Cl-]. The van der Waals surface area contributed by atoms with E-state index in [1.54, 1.807) is 96.4 Å². The van der Waals surface area contributed by atoms with E-state index < -0.39 is 48.1 Å². The van der Waals surface area contributed by atoms with Crippen molar-refractivity contribution in [3.63, 3.8) is 0 Å². The minimum Gasteiger partial charge on any atom is -1.00 e. The van der Waals surface area contributed by atoms with Gasteiger partial charge in [-0.3, -0.25) is 18.7 Å². The van der Waals surface area contributed by atoms with Crippen molar-refractivity contribution >= 4 is 110 Å². The quantitative estimate of drug-likeness (QED) is 0.0150. The van der Waals surface area contributed by atoms with E-state index in [2.05, 4.69) is 25.6 Å². The molecule has 9 aromatic rings. The number of ether oxygens (including phenoxy) is 1. The molecule has 8 N–H and O–H groups in total. The Morgan fingerprint density at radius 3 is 1.86 bits per heavy atom. The summed E-state index contributed by atoms with van der Waals surface area (Å²) in [6.45, 7) is 0.622. The molecule has 0 atom stereocenters. The molecule has 31 heteroatoms. The zero-order valence-corrected chi connectivity index (χ0v) is 64.0. The smallest absolute Gasteiger partial charge is 0.336 e. The fraction of sp³-hybridized carbons (Fsp3) is 0.200. The zero-order chi connectivity index (χ0) is 77.7. The summed E-state index contributed by atoms with van der Waals surface area (Å²) in [6.07, 6.45) is 1.41. The van der Waals surface area contributed by atoms with Gasteiger partial charge < -0.3 is 62.2 Å². The van der Waals surface area contributed by atoms with E-state index in [0.29, 0.717) is 120 Å². The van der Waals surface area contributed by atoms with E-state index in [9.17, 15) is 45.4 Å². The van der Waals surface area contributed by atoms with Gasteiger partial charge in [0.15, 0.2) is 11.2 Å². The number of aromatic carboxylic acids is 1. The summed E-state index contributed by atoms with van der Waals surface area (Å²) in [5, 5.41) is 19.4. The zero-order valence-electron chi connectivity index (χ0n) is 60.8. The van der Waals surface area contributed by atoms with Gasteiger partial charge in [0, 0.05) is 163 Å². The number of nitrogens with zero attached hydrogens (tertiary/aromatic N) is 8. The van der Waals surface area contributed by atoms with E-state index in [4.69, 9.17) is 24.3 Å². The minimum atomic E-state index is -4.45. The third-order valence-corrected chi connectivity index (χ3v) is 23.4. The predicted molar refractivity (Wildman–Crippen MR) is 417 cm³/mol. The molecule has 2 amide bonds. The van der Waals surface area contributed by atoms with Gasteiger partial charge in [0.25, 0.3) is 26.1 Å². The first-order valence-electron chi connectivity index (χ1n) is 35.0. The molecule has 7 aromatic carbocycles. The molecule has 3 aliphatic heterocycles. The molecule has 0 saturated carbocycles. The number of benzene rings is 9. The van der Waals surface area contributed by atoms with E-state index >= 15 is 8.42 Å². The fourth-order valence-electron chi connectivity index (χ4n) is 13.8. The molecule has 0 spiro atoms. The van der Waals surface area contributed by atoms with Crippen molar-refractivity contribution < 1.29 is 79.8 Å². The molecule has 1 saturated heterocycles. The Hall–Kier alpha value is -11.9. The molecule has 2 aromatic heterocycles. The number of aryl methyl sites for hydroxylation is 1. The number of halogens is 1. The Labute approximate surface area is 644 Å². The molecular formula is C80H76ClN12O15S3+. The summed E-state index contributed by atoms with van der Waals surface area (Å²) in [6, 6.07) is 52.3. The lowest BCUT2D eigenvalue weighted by molar-refractivity contribution is -0.126. The second-order valence-electron chi connectivity index (χ2n) is 27.2. The van der Waals surface area contributed by atoms with Crippen LogP contribution in [-0.2, 0) is 54.6 Å². The maximum atomic E-state index is 15.1. The molecule has 0 unspecified atom stereocenters. The predicted octanol–water partition coefficient (Wildman–Crippen LogP) is 7.42. The Balaban J connectivity index is 0.0000108. The number of aromatic nitrogens is 4. The first-order chi connectivity index (χ1) is 52.6. The van der Waals surface area contributed by atoms with Crippen LogP contribution in [0.1, 0.15) is 56.9 Å². The average molecular weight is 1580 g/mol. The lowest BCUT2D eigenvalue weighted by atomic mass is 9.87. The molecule has 0 radical (unpaired) electrons. The monoisotopic (exact) mass is 1580 g/mol. The van der Waals surface area contributed by atoms with Gasteiger partial charge in [0.05, 0.1) is 32.4 Å². The summed E-state index contributed by atoms with van der Waals surface area (Å²) in [4.78, 5) is 61.1. The number of anilines is 4. The first kappa shape index (κ1) is 77.3. The van der Waals surface area contributed by atoms with Gasteiger partial charge in [0.2, 0.25) is 44.2 Å². The van der Waals surface area contributed by atoms with Gasteiger partial charge in [-0.05, 0) is 121 Å². The van der Waals surface area contributed by atoms with Crippen LogP contribution < -0.4 is 63.2 Å². The number of imidazole rings is 1. The van der Waals surface area contributed by atoms with Crippen molar-refractivity contribution in [2.24, 2.45) is 5.92 Å². The standard InChI is InChI=1S/C80H74N12O15S3.ClH/c1-88(2)52-24-32-60-65(41-52)106-66-42-53(89(3)4)25-33-61(66)72(60)73-63(12-9-13-64(73)79(95)96)77(94)83-45-47-16-18-48(19-17-47)46-105-78-74-75(86-80(81)87-78)85-70(84-74)15-10-38-82-76(93)49-36-39-92(40-37-49)108(97,98)69-14-8-7-11-62(69)71-58-34-26-54(90(5)50-20-28-56(29-21-50)109(99,100)101)43-67(58)107-68-44-55(27-35-59(68)71)91(6)51-22-30-57(31-23-51)110(102,103)104;/h7-9,11-14,16-35,41-44,49,81,83H,10,15,36-40,45-46H2,1-6H3,(H4-,82,93,94,95,96,99,100,101,102,103,104);1H/p+1. The largest absolute Gasteiger partial charge is 1.00 e. The van der Waals surface area contributed by atoms with Crippen molar-refractivity contribution in [3.05, 3.63) is 227 Å². The normalized spacial score (nSPS) is 13.3. The van der Waals surface area contributed by atoms with E-state index in [-0.39, 0.29) is 101 Å². The number of hydrogen-bond acceptors (Lipinski definition) is 18. The highest BCUT2D eigenvalue weighted by Crippen LogP contribution is 2.46. The lowest BCUT2D eigenvalue weighted by Crippen LogP contribution is -3.00. The number of nitrogens with two attached hydrogens (primary N) is 1. The summed E-state index contributed by atoms with van der Waals surface area (Å²) in [7, 11) is -1.92. The molecule has 111 heavy (non-hydrogen) atoms. The molecule has 14 rings (SSSR count). The first-order valence-corrected chi connectivity index (χ1v) is 39.3. The minimum absolute atomic E-state index is 0. The maximum absolute atomic E-state index is 15.1. The van der Waals surface area contributed by atoms with Crippen LogP contribution in [0.5, 0.6) is 5.88 Å². The van der Waals surface area contributed by atoms with Crippen molar-refractivity contribution in [3.8, 4) is 50.8 Å². The third kappa shape index (κ3) is 16.0. The molecule has 1 fully saturated rings. The maximum Gasteiger partial charge on any atom is 0.336 e. The van der Waals surface area contributed by atoms with Gasteiger partial charge in [-0.15, -0.1) is 0 Å². The highest BCUT2D eigenvalue weighted by atomic mass is 35.5. The van der Waals surface area contributed by atoms with Crippen molar-refractivity contribution in [1.82, 2.24) is 44.0 Å². The van der Waals surface area contributed by atoms with Crippen LogP contribution >= 0.6 is 0 Å². The summed E-state index contributed by atoms with van der Waals surface area (Å²) >= 11 is 0. The van der Waals surface area contributed by atoms with Crippen LogP contribution in [-0.4, -0.2) is 143 Å². The number of carboxylic acid groups (broad SMARTS) is 1. The topological polar surface area (TPSA) is 370 Å². The number of amides is 2. The number of rotatable bonds is 22. The Kier molecular flexibility index (Phi) is 21.7. The summed E-state index contributed by atoms with van der Waals surface area (Å²) in [5.74, 6) is -0.793. The number of H-pyrrole nitrogens is 1. The van der Waals surface area contributed by atoms with Gasteiger partial charge in [0.1, 0.15) is 56.3 Å². The highest BCUT2D eigenvalue weighted by molar-refractivity contribution is 7.89. The van der Waals surface area contributed by atoms with Crippen LogP contribution in [0.15, 0.2) is 212 Å². The van der Waals surface area contributed by atoms with Crippen LogP contribution in [0, 0.1) is 5.92 Å². The lowest BCUT2D eigenvalue weighted by Gasteiger charge is -2.31. The molecule has 27 nitrogen and oxygen atoms in total. The highest BCUT2D eigenvalue weighted by Gasteiger charge is 2.36. The second kappa shape index (κ2) is 31.2.